The number of non-ortho nitro benzene ring substituents is 1. The number of carbonyl (C=O) groups is 2. The molecule has 2 N–H and O–H groups in total. The molecule has 0 saturated carbocycles. The largest absolute Gasteiger partial charge is 0.465 e. The fourth-order valence-corrected chi connectivity index (χ4v) is 2.35. The number of anilines is 1. The lowest BCUT2D eigenvalue weighted by molar-refractivity contribution is -0.384. The Balaban J connectivity index is 1.85. The van der Waals surface area contributed by atoms with E-state index in [1.807, 2.05) is 0 Å². The zero-order valence-electron chi connectivity index (χ0n) is 14.5. The van der Waals surface area contributed by atoms with Crippen molar-refractivity contribution in [3.8, 4) is 0 Å². The van der Waals surface area contributed by atoms with Gasteiger partial charge in [-0.25, -0.2) is 0 Å². The molecule has 1 heterocycles. The third-order valence-electron chi connectivity index (χ3n) is 3.67. The second-order valence-electron chi connectivity index (χ2n) is 5.66. The first-order valence-corrected chi connectivity index (χ1v) is 8.20. The SMILES string of the molecule is O=C(Nc1ccccc1)/C(=C\c1ccco1)NC(=O)c1cccc([N+](=O)[O-])c1. The van der Waals surface area contributed by atoms with Crippen LogP contribution in [-0.2, 0) is 4.79 Å². The number of benzene rings is 2. The molecule has 0 bridgehead atoms. The molecule has 0 aliphatic rings. The molecule has 3 aromatic rings. The normalized spacial score (nSPS) is 10.9. The molecule has 0 radical (unpaired) electrons. The van der Waals surface area contributed by atoms with Crippen molar-refractivity contribution < 1.29 is 18.9 Å². The Bertz CT molecular complexity index is 1030. The zero-order chi connectivity index (χ0) is 19.9. The van der Waals surface area contributed by atoms with Crippen LogP contribution >= 0.6 is 0 Å². The third kappa shape index (κ3) is 4.70. The van der Waals surface area contributed by atoms with Gasteiger partial charge in [-0.2, -0.15) is 0 Å². The highest BCUT2D eigenvalue weighted by molar-refractivity contribution is 6.10. The molecule has 2 amide bonds. The average molecular weight is 377 g/mol. The van der Waals surface area contributed by atoms with Crippen LogP contribution < -0.4 is 10.6 Å². The molecule has 140 valence electrons. The summed E-state index contributed by atoms with van der Waals surface area (Å²) in [6.07, 6.45) is 2.80. The van der Waals surface area contributed by atoms with Gasteiger partial charge in [-0.3, -0.25) is 19.7 Å². The maximum atomic E-state index is 12.6. The predicted octanol–water partition coefficient (Wildman–Crippen LogP) is 3.60. The first-order valence-electron chi connectivity index (χ1n) is 8.20. The van der Waals surface area contributed by atoms with Crippen LogP contribution in [0.5, 0.6) is 0 Å². The third-order valence-corrected chi connectivity index (χ3v) is 3.67. The smallest absolute Gasteiger partial charge is 0.272 e. The lowest BCUT2D eigenvalue weighted by Gasteiger charge is -2.11. The number of nitrogens with one attached hydrogen (secondary N) is 2. The topological polar surface area (TPSA) is 114 Å². The number of amides is 2. The summed E-state index contributed by atoms with van der Waals surface area (Å²) in [7, 11) is 0. The van der Waals surface area contributed by atoms with E-state index in [-0.39, 0.29) is 16.9 Å². The molecule has 0 fully saturated rings. The molecule has 0 aliphatic carbocycles. The Kier molecular flexibility index (Phi) is 5.61. The van der Waals surface area contributed by atoms with E-state index >= 15 is 0 Å². The number of nitro groups is 1. The Morgan fingerprint density at radius 2 is 1.79 bits per heavy atom. The van der Waals surface area contributed by atoms with Crippen LogP contribution in [0.2, 0.25) is 0 Å². The fraction of sp³-hybridized carbons (Fsp3) is 0. The van der Waals surface area contributed by atoms with Crippen molar-refractivity contribution in [3.63, 3.8) is 0 Å². The maximum absolute atomic E-state index is 12.6. The molecule has 0 saturated heterocycles. The van der Waals surface area contributed by atoms with Crippen LogP contribution in [0.25, 0.3) is 6.08 Å². The highest BCUT2D eigenvalue weighted by Crippen LogP contribution is 2.15. The molecule has 0 aliphatic heterocycles. The number of furan rings is 1. The van der Waals surface area contributed by atoms with Crippen molar-refractivity contribution >= 4 is 29.3 Å². The highest BCUT2D eigenvalue weighted by atomic mass is 16.6. The van der Waals surface area contributed by atoms with Gasteiger partial charge in [0.1, 0.15) is 11.5 Å². The van der Waals surface area contributed by atoms with Crippen LogP contribution in [0.1, 0.15) is 16.1 Å². The average Bonchev–Trinajstić information content (AvgIpc) is 3.21. The van der Waals surface area contributed by atoms with Crippen LogP contribution in [0.3, 0.4) is 0 Å². The number of nitrogens with zero attached hydrogens (tertiary/aromatic N) is 1. The summed E-state index contributed by atoms with van der Waals surface area (Å²) in [5.41, 5.74) is 0.294. The predicted molar refractivity (Wildman–Crippen MR) is 102 cm³/mol. The molecule has 0 spiro atoms. The monoisotopic (exact) mass is 377 g/mol. The molecule has 0 unspecified atom stereocenters. The van der Waals surface area contributed by atoms with E-state index < -0.39 is 16.7 Å². The Labute approximate surface area is 159 Å². The van der Waals surface area contributed by atoms with Gasteiger partial charge in [0.15, 0.2) is 0 Å². The number of hydrogen-bond donors (Lipinski definition) is 2. The van der Waals surface area contributed by atoms with Crippen molar-refractivity contribution in [1.82, 2.24) is 5.32 Å². The van der Waals surface area contributed by atoms with Gasteiger partial charge in [0, 0.05) is 29.5 Å². The van der Waals surface area contributed by atoms with Gasteiger partial charge in [0.2, 0.25) is 0 Å². The van der Waals surface area contributed by atoms with E-state index in [4.69, 9.17) is 4.42 Å². The Morgan fingerprint density at radius 3 is 2.46 bits per heavy atom. The molecule has 3 rings (SSSR count). The molecule has 1 aromatic heterocycles. The van der Waals surface area contributed by atoms with Crippen LogP contribution in [0.15, 0.2) is 83.1 Å². The zero-order valence-corrected chi connectivity index (χ0v) is 14.5. The molecule has 2 aromatic carbocycles. The summed E-state index contributed by atoms with van der Waals surface area (Å²) in [6, 6.07) is 17.2. The van der Waals surface area contributed by atoms with Gasteiger partial charge in [0.05, 0.1) is 11.2 Å². The van der Waals surface area contributed by atoms with E-state index in [2.05, 4.69) is 10.6 Å². The number of nitro benzene ring substituents is 1. The molecular weight excluding hydrogens is 362 g/mol. The second-order valence-corrected chi connectivity index (χ2v) is 5.66. The number of para-hydroxylation sites is 1. The number of rotatable bonds is 6. The van der Waals surface area contributed by atoms with Crippen molar-refractivity contribution in [3.05, 3.63) is 100 Å². The minimum absolute atomic E-state index is 0.0482. The van der Waals surface area contributed by atoms with Gasteiger partial charge in [-0.05, 0) is 30.3 Å². The lowest BCUT2D eigenvalue weighted by Crippen LogP contribution is -2.30. The van der Waals surface area contributed by atoms with E-state index in [0.717, 1.165) is 6.07 Å². The Hall–Kier alpha value is -4.20. The van der Waals surface area contributed by atoms with Crippen molar-refractivity contribution in [2.75, 3.05) is 5.32 Å². The number of hydrogen-bond acceptors (Lipinski definition) is 5. The Morgan fingerprint density at radius 1 is 1.00 bits per heavy atom. The molecule has 8 heteroatoms. The van der Waals surface area contributed by atoms with Gasteiger partial charge < -0.3 is 15.1 Å². The maximum Gasteiger partial charge on any atom is 0.272 e. The minimum Gasteiger partial charge on any atom is -0.465 e. The van der Waals surface area contributed by atoms with E-state index in [0.29, 0.717) is 11.4 Å². The van der Waals surface area contributed by atoms with Crippen molar-refractivity contribution in [2.45, 2.75) is 0 Å². The molecule has 8 nitrogen and oxygen atoms in total. The quantitative estimate of drug-likeness (QED) is 0.387. The van der Waals surface area contributed by atoms with Gasteiger partial charge in [-0.1, -0.05) is 24.3 Å². The van der Waals surface area contributed by atoms with Crippen LogP contribution in [0.4, 0.5) is 11.4 Å². The summed E-state index contributed by atoms with van der Waals surface area (Å²) >= 11 is 0. The number of carbonyl (C=O) groups excluding carboxylic acids is 2. The summed E-state index contributed by atoms with van der Waals surface area (Å²) in [5.74, 6) is -0.872. The van der Waals surface area contributed by atoms with E-state index in [9.17, 15) is 19.7 Å². The molecular formula is C20H15N3O5. The van der Waals surface area contributed by atoms with Gasteiger partial charge >= 0.3 is 0 Å². The summed E-state index contributed by atoms with van der Waals surface area (Å²) in [5, 5.41) is 16.1. The lowest BCUT2D eigenvalue weighted by atomic mass is 10.2. The molecule has 28 heavy (non-hydrogen) atoms. The summed E-state index contributed by atoms with van der Waals surface area (Å²) < 4.78 is 5.21. The second kappa shape index (κ2) is 8.45. The fourth-order valence-electron chi connectivity index (χ4n) is 2.35. The van der Waals surface area contributed by atoms with Crippen molar-refractivity contribution in [1.29, 1.82) is 0 Å². The highest BCUT2D eigenvalue weighted by Gasteiger charge is 2.17. The van der Waals surface area contributed by atoms with Crippen molar-refractivity contribution in [2.24, 2.45) is 0 Å². The standard InChI is InChI=1S/C20H15N3O5/c24-19(14-6-4-9-16(12-14)23(26)27)22-18(13-17-10-5-11-28-17)20(25)21-15-7-2-1-3-8-15/h1-13H,(H,21,25)(H,22,24)/b18-13+. The summed E-state index contributed by atoms with van der Waals surface area (Å²) in [4.78, 5) is 35.5. The molecule has 0 atom stereocenters. The van der Waals surface area contributed by atoms with Gasteiger partial charge in [-0.15, -0.1) is 0 Å². The van der Waals surface area contributed by atoms with Crippen LogP contribution in [0, 0.1) is 10.1 Å². The van der Waals surface area contributed by atoms with Gasteiger partial charge in [0.25, 0.3) is 17.5 Å². The summed E-state index contributed by atoms with van der Waals surface area (Å²) in [6.45, 7) is 0. The first kappa shape index (κ1) is 18.6. The van der Waals surface area contributed by atoms with E-state index in [1.54, 1.807) is 42.5 Å². The van der Waals surface area contributed by atoms with Crippen LogP contribution in [-0.4, -0.2) is 16.7 Å². The minimum atomic E-state index is -0.662. The van der Waals surface area contributed by atoms with E-state index in [1.165, 1.54) is 30.5 Å². The first-order chi connectivity index (χ1) is 13.5.